The standard InChI is InChI=1S/C21H23BrN2O4S/c1-28-19(25)13-17(14-4-6-16(22)7-5-14)23-20(26)15-8-10-24(11-9-15)21(27)18-3-2-12-29-18/h2-7,12,15,17H,8-11,13H2,1H3,(H,23,26). The van der Waals surface area contributed by atoms with Crippen molar-refractivity contribution in [1.82, 2.24) is 10.2 Å². The summed E-state index contributed by atoms with van der Waals surface area (Å²) in [6.07, 6.45) is 1.28. The predicted octanol–water partition coefficient (Wildman–Crippen LogP) is 3.78. The van der Waals surface area contributed by atoms with E-state index in [1.54, 1.807) is 4.90 Å². The first-order valence-electron chi connectivity index (χ1n) is 9.43. The molecule has 1 atom stereocenters. The number of carbonyl (C=O) groups excluding carboxylic acids is 3. The highest BCUT2D eigenvalue weighted by Crippen LogP contribution is 2.24. The maximum Gasteiger partial charge on any atom is 0.307 e. The van der Waals surface area contributed by atoms with E-state index in [1.807, 2.05) is 41.8 Å². The second-order valence-corrected chi connectivity index (χ2v) is 8.80. The van der Waals surface area contributed by atoms with Crippen molar-refractivity contribution in [1.29, 1.82) is 0 Å². The second kappa shape index (κ2) is 10.0. The maximum absolute atomic E-state index is 12.8. The van der Waals surface area contributed by atoms with Crippen molar-refractivity contribution >= 4 is 45.1 Å². The van der Waals surface area contributed by atoms with E-state index in [-0.39, 0.29) is 30.1 Å². The Labute approximate surface area is 182 Å². The van der Waals surface area contributed by atoms with Crippen molar-refractivity contribution < 1.29 is 19.1 Å². The van der Waals surface area contributed by atoms with E-state index >= 15 is 0 Å². The molecule has 0 saturated carbocycles. The van der Waals surface area contributed by atoms with E-state index in [0.29, 0.717) is 25.9 Å². The monoisotopic (exact) mass is 478 g/mol. The van der Waals surface area contributed by atoms with Crippen LogP contribution in [0.4, 0.5) is 0 Å². The minimum atomic E-state index is -0.450. The van der Waals surface area contributed by atoms with Crippen molar-refractivity contribution in [3.8, 4) is 0 Å². The topological polar surface area (TPSA) is 75.7 Å². The van der Waals surface area contributed by atoms with E-state index in [1.165, 1.54) is 18.4 Å². The fourth-order valence-electron chi connectivity index (χ4n) is 3.39. The summed E-state index contributed by atoms with van der Waals surface area (Å²) in [6, 6.07) is 10.7. The quantitative estimate of drug-likeness (QED) is 0.640. The molecule has 0 aliphatic carbocycles. The molecule has 2 aromatic rings. The van der Waals surface area contributed by atoms with Crippen LogP contribution in [0.3, 0.4) is 0 Å². The first-order valence-corrected chi connectivity index (χ1v) is 11.1. The Morgan fingerprint density at radius 2 is 1.90 bits per heavy atom. The van der Waals surface area contributed by atoms with Gasteiger partial charge in [0.1, 0.15) is 0 Å². The van der Waals surface area contributed by atoms with Crippen molar-refractivity contribution in [3.63, 3.8) is 0 Å². The minimum Gasteiger partial charge on any atom is -0.469 e. The fourth-order valence-corrected chi connectivity index (χ4v) is 4.34. The Morgan fingerprint density at radius 1 is 1.21 bits per heavy atom. The van der Waals surface area contributed by atoms with Crippen molar-refractivity contribution in [2.24, 2.45) is 5.92 Å². The summed E-state index contributed by atoms with van der Waals surface area (Å²) in [7, 11) is 1.34. The predicted molar refractivity (Wildman–Crippen MR) is 115 cm³/mol. The Bertz CT molecular complexity index is 846. The van der Waals surface area contributed by atoms with Crippen LogP contribution in [-0.4, -0.2) is 42.9 Å². The van der Waals surface area contributed by atoms with E-state index in [2.05, 4.69) is 21.2 Å². The number of ether oxygens (including phenoxy) is 1. The molecule has 1 aromatic heterocycles. The summed E-state index contributed by atoms with van der Waals surface area (Å²) in [6.45, 7) is 1.10. The van der Waals surface area contributed by atoms with Gasteiger partial charge in [-0.3, -0.25) is 14.4 Å². The zero-order valence-corrected chi connectivity index (χ0v) is 18.5. The zero-order valence-electron chi connectivity index (χ0n) is 16.1. The summed E-state index contributed by atoms with van der Waals surface area (Å²) in [5.74, 6) is -0.630. The van der Waals surface area contributed by atoms with Gasteiger partial charge in [-0.25, -0.2) is 0 Å². The normalized spacial score (nSPS) is 15.6. The van der Waals surface area contributed by atoms with Gasteiger partial charge < -0.3 is 15.0 Å². The zero-order chi connectivity index (χ0) is 20.8. The number of thiophene rings is 1. The average Bonchev–Trinajstić information content (AvgIpc) is 3.28. The van der Waals surface area contributed by atoms with E-state index in [4.69, 9.17) is 4.74 Å². The molecule has 1 aliphatic heterocycles. The maximum atomic E-state index is 12.8. The number of hydrogen-bond acceptors (Lipinski definition) is 5. The van der Waals surface area contributed by atoms with Crippen LogP contribution in [0.2, 0.25) is 0 Å². The number of nitrogens with zero attached hydrogens (tertiary/aromatic N) is 1. The van der Waals surface area contributed by atoms with E-state index in [0.717, 1.165) is 14.9 Å². The average molecular weight is 479 g/mol. The third kappa shape index (κ3) is 5.67. The number of piperidine rings is 1. The van der Waals surface area contributed by atoms with Gasteiger partial charge in [-0.05, 0) is 42.0 Å². The lowest BCUT2D eigenvalue weighted by molar-refractivity contribution is -0.141. The number of rotatable bonds is 6. The number of carbonyl (C=O) groups is 3. The van der Waals surface area contributed by atoms with Crippen LogP contribution in [0, 0.1) is 5.92 Å². The molecule has 0 bridgehead atoms. The highest BCUT2D eigenvalue weighted by Gasteiger charge is 2.30. The van der Waals surface area contributed by atoms with Gasteiger partial charge in [-0.2, -0.15) is 0 Å². The van der Waals surface area contributed by atoms with E-state index < -0.39 is 6.04 Å². The van der Waals surface area contributed by atoms with Crippen LogP contribution in [0.15, 0.2) is 46.3 Å². The number of likely N-dealkylation sites (tertiary alicyclic amines) is 1. The molecule has 6 nitrogen and oxygen atoms in total. The third-order valence-corrected chi connectivity index (χ3v) is 6.46. The molecule has 1 N–H and O–H groups in total. The van der Waals surface area contributed by atoms with Gasteiger partial charge in [0.05, 0.1) is 24.4 Å². The summed E-state index contributed by atoms with van der Waals surface area (Å²) < 4.78 is 5.71. The highest BCUT2D eigenvalue weighted by atomic mass is 79.9. The van der Waals surface area contributed by atoms with Crippen LogP contribution in [0.1, 0.15) is 40.5 Å². The Kier molecular flexibility index (Phi) is 7.44. The highest BCUT2D eigenvalue weighted by molar-refractivity contribution is 9.10. The van der Waals surface area contributed by atoms with E-state index in [9.17, 15) is 14.4 Å². The molecular formula is C21H23BrN2O4S. The molecule has 29 heavy (non-hydrogen) atoms. The first kappa shape index (κ1) is 21.5. The van der Waals surface area contributed by atoms with Gasteiger partial charge >= 0.3 is 5.97 Å². The molecule has 1 aromatic carbocycles. The Morgan fingerprint density at radius 3 is 2.48 bits per heavy atom. The molecule has 2 heterocycles. The fraction of sp³-hybridized carbons (Fsp3) is 0.381. The molecule has 1 fully saturated rings. The largest absolute Gasteiger partial charge is 0.469 e. The van der Waals surface area contributed by atoms with Crippen LogP contribution in [0.5, 0.6) is 0 Å². The number of esters is 1. The molecule has 8 heteroatoms. The van der Waals surface area contributed by atoms with Crippen LogP contribution < -0.4 is 5.32 Å². The Balaban J connectivity index is 1.60. The second-order valence-electron chi connectivity index (χ2n) is 6.94. The summed E-state index contributed by atoms with van der Waals surface area (Å²) in [4.78, 5) is 39.7. The van der Waals surface area contributed by atoms with Crippen molar-refractivity contribution in [3.05, 3.63) is 56.7 Å². The molecule has 2 amide bonds. The number of benzene rings is 1. The SMILES string of the molecule is COC(=O)CC(NC(=O)C1CCN(C(=O)c2cccs2)CC1)c1ccc(Br)cc1. The molecule has 1 aliphatic rings. The minimum absolute atomic E-state index is 0.0253. The number of halogens is 1. The van der Waals surface area contributed by atoms with Crippen LogP contribution in [0.25, 0.3) is 0 Å². The molecular weight excluding hydrogens is 456 g/mol. The Hall–Kier alpha value is -2.19. The molecule has 3 rings (SSSR count). The third-order valence-electron chi connectivity index (χ3n) is 5.07. The summed E-state index contributed by atoms with van der Waals surface area (Å²) in [5.41, 5.74) is 0.845. The summed E-state index contributed by atoms with van der Waals surface area (Å²) >= 11 is 4.82. The number of methoxy groups -OCH3 is 1. The van der Waals surface area contributed by atoms with Gasteiger partial charge in [0.15, 0.2) is 0 Å². The first-order chi connectivity index (χ1) is 14.0. The molecule has 154 valence electrons. The van der Waals surface area contributed by atoms with Gasteiger partial charge in [-0.15, -0.1) is 11.3 Å². The number of hydrogen-bond donors (Lipinski definition) is 1. The van der Waals surface area contributed by atoms with Gasteiger partial charge in [0.2, 0.25) is 5.91 Å². The number of amides is 2. The number of nitrogens with one attached hydrogen (secondary N) is 1. The lowest BCUT2D eigenvalue weighted by atomic mass is 9.94. The lowest BCUT2D eigenvalue weighted by Gasteiger charge is -2.32. The van der Waals surface area contributed by atoms with Crippen molar-refractivity contribution in [2.45, 2.75) is 25.3 Å². The van der Waals surface area contributed by atoms with Crippen LogP contribution in [-0.2, 0) is 14.3 Å². The molecule has 1 unspecified atom stereocenters. The molecule has 0 spiro atoms. The smallest absolute Gasteiger partial charge is 0.307 e. The van der Waals surface area contributed by atoms with Crippen LogP contribution >= 0.6 is 27.3 Å². The molecule has 0 radical (unpaired) electrons. The van der Waals surface area contributed by atoms with Gasteiger partial charge in [0, 0.05) is 23.5 Å². The lowest BCUT2D eigenvalue weighted by Crippen LogP contribution is -2.43. The van der Waals surface area contributed by atoms with Gasteiger partial charge in [-0.1, -0.05) is 34.1 Å². The summed E-state index contributed by atoms with van der Waals surface area (Å²) in [5, 5.41) is 4.89. The van der Waals surface area contributed by atoms with Gasteiger partial charge in [0.25, 0.3) is 5.91 Å². The molecule has 1 saturated heterocycles. The van der Waals surface area contributed by atoms with Crippen molar-refractivity contribution in [2.75, 3.05) is 20.2 Å².